The van der Waals surface area contributed by atoms with Crippen LogP contribution in [0.15, 0.2) is 119 Å². The Morgan fingerprint density at radius 1 is 0.860 bits per heavy atom. The number of carbonyl (C=O) groups is 1. The maximum atomic E-state index is 13.2. The third-order valence-corrected chi connectivity index (χ3v) is 7.09. The van der Waals surface area contributed by atoms with Crippen LogP contribution in [0.25, 0.3) is 16.8 Å². The lowest BCUT2D eigenvalue weighted by atomic mass is 10.0. The number of halogens is 1. The van der Waals surface area contributed by atoms with E-state index in [1.807, 2.05) is 60.7 Å². The molecule has 8 nitrogen and oxygen atoms in total. The zero-order valence-corrected chi connectivity index (χ0v) is 24.3. The molecule has 0 atom stereocenters. The normalized spacial score (nSPS) is 11.0. The molecule has 5 aromatic carbocycles. The first-order valence-corrected chi connectivity index (χ1v) is 14.0. The number of nitrogens with zero attached hydrogens (tertiary/aromatic N) is 2. The molecule has 0 aromatic heterocycles. The van der Waals surface area contributed by atoms with E-state index in [2.05, 4.69) is 21.2 Å². The summed E-state index contributed by atoms with van der Waals surface area (Å²) in [7, 11) is 0. The minimum Gasteiger partial charge on any atom is -0.489 e. The van der Waals surface area contributed by atoms with Crippen molar-refractivity contribution in [3.05, 3.63) is 146 Å². The molecule has 0 heterocycles. The van der Waals surface area contributed by atoms with Crippen LogP contribution in [0.3, 0.4) is 0 Å². The van der Waals surface area contributed by atoms with Gasteiger partial charge >= 0.3 is 0 Å². The molecule has 0 saturated carbocycles. The van der Waals surface area contributed by atoms with Crippen molar-refractivity contribution in [1.82, 2.24) is 0 Å². The summed E-state index contributed by atoms with van der Waals surface area (Å²) in [5.74, 6) is 0.535. The fourth-order valence-electron chi connectivity index (χ4n) is 4.30. The molecule has 0 aliphatic rings. The van der Waals surface area contributed by atoms with E-state index in [1.165, 1.54) is 18.2 Å². The molecule has 0 bridgehead atoms. The zero-order valence-electron chi connectivity index (χ0n) is 22.7. The van der Waals surface area contributed by atoms with Gasteiger partial charge in [0.2, 0.25) is 0 Å². The molecule has 1 N–H and O–H groups in total. The second kappa shape index (κ2) is 13.5. The number of anilines is 1. The van der Waals surface area contributed by atoms with Crippen molar-refractivity contribution >= 4 is 50.1 Å². The summed E-state index contributed by atoms with van der Waals surface area (Å²) >= 11 is 3.42. The first kappa shape index (κ1) is 29.0. The first-order chi connectivity index (χ1) is 20.9. The van der Waals surface area contributed by atoms with E-state index < -0.39 is 10.8 Å². The number of nitro benzene ring substituents is 1. The number of carbonyl (C=O) groups excluding carboxylic acids is 1. The van der Waals surface area contributed by atoms with Crippen molar-refractivity contribution < 1.29 is 19.2 Å². The van der Waals surface area contributed by atoms with Gasteiger partial charge in [0.15, 0.2) is 0 Å². The van der Waals surface area contributed by atoms with Crippen LogP contribution in [0.2, 0.25) is 0 Å². The van der Waals surface area contributed by atoms with Crippen molar-refractivity contribution in [3.63, 3.8) is 0 Å². The number of nitriles is 1. The van der Waals surface area contributed by atoms with Crippen molar-refractivity contribution in [1.29, 1.82) is 5.26 Å². The number of benzene rings is 5. The van der Waals surface area contributed by atoms with Crippen LogP contribution in [-0.2, 0) is 18.0 Å². The fourth-order valence-corrected chi connectivity index (χ4v) is 4.56. The van der Waals surface area contributed by atoms with E-state index in [-0.39, 0.29) is 17.9 Å². The molecule has 0 radical (unpaired) electrons. The first-order valence-electron chi connectivity index (χ1n) is 13.2. The molecule has 1 amide bonds. The number of nitro groups is 1. The largest absolute Gasteiger partial charge is 0.489 e. The van der Waals surface area contributed by atoms with E-state index >= 15 is 0 Å². The summed E-state index contributed by atoms with van der Waals surface area (Å²) in [6.45, 7) is 0.543. The van der Waals surface area contributed by atoms with Crippen molar-refractivity contribution in [2.45, 2.75) is 13.2 Å². The smallest absolute Gasteiger partial charge is 0.269 e. The predicted molar refractivity (Wildman–Crippen MR) is 169 cm³/mol. The Kier molecular flexibility index (Phi) is 9.10. The highest BCUT2D eigenvalue weighted by molar-refractivity contribution is 9.10. The molecule has 0 spiro atoms. The second-order valence-electron chi connectivity index (χ2n) is 9.47. The van der Waals surface area contributed by atoms with Gasteiger partial charge in [0.1, 0.15) is 36.4 Å². The van der Waals surface area contributed by atoms with E-state index in [4.69, 9.17) is 9.47 Å². The van der Waals surface area contributed by atoms with Gasteiger partial charge in [-0.25, -0.2) is 0 Å². The van der Waals surface area contributed by atoms with Gasteiger partial charge in [0, 0.05) is 27.9 Å². The SMILES string of the molecule is N#C/C(=C\c1c(OCc2ccc([N+](=O)[O-])cc2)ccc2ccccc12)C(=O)Nc1ccc(OCc2ccc(Br)cc2)cc1. The Balaban J connectivity index is 1.32. The van der Waals surface area contributed by atoms with Crippen LogP contribution in [0.5, 0.6) is 11.5 Å². The van der Waals surface area contributed by atoms with Gasteiger partial charge in [-0.2, -0.15) is 5.26 Å². The summed E-state index contributed by atoms with van der Waals surface area (Å²) in [6.07, 6.45) is 1.51. The summed E-state index contributed by atoms with van der Waals surface area (Å²) in [4.78, 5) is 23.7. The summed E-state index contributed by atoms with van der Waals surface area (Å²) < 4.78 is 12.9. The van der Waals surface area contributed by atoms with Crippen LogP contribution in [-0.4, -0.2) is 10.8 Å². The Bertz CT molecular complexity index is 1850. The highest BCUT2D eigenvalue weighted by Gasteiger charge is 2.15. The molecule has 5 aromatic rings. The maximum Gasteiger partial charge on any atom is 0.269 e. The Morgan fingerprint density at radius 3 is 2.19 bits per heavy atom. The summed E-state index contributed by atoms with van der Waals surface area (Å²) in [5, 5.41) is 25.4. The van der Waals surface area contributed by atoms with Gasteiger partial charge in [-0.1, -0.05) is 58.4 Å². The highest BCUT2D eigenvalue weighted by Crippen LogP contribution is 2.31. The molecule has 5 rings (SSSR count). The number of amides is 1. The number of ether oxygens (including phenoxy) is 2. The maximum absolute atomic E-state index is 13.2. The highest BCUT2D eigenvalue weighted by atomic mass is 79.9. The molecule has 0 aliphatic heterocycles. The van der Waals surface area contributed by atoms with Gasteiger partial charge in [-0.15, -0.1) is 0 Å². The van der Waals surface area contributed by atoms with Gasteiger partial charge in [0.05, 0.1) is 4.92 Å². The molecular weight excluding hydrogens is 610 g/mol. The molecule has 0 aliphatic carbocycles. The van der Waals surface area contributed by atoms with Crippen molar-refractivity contribution in [2.75, 3.05) is 5.32 Å². The molecule has 212 valence electrons. The second-order valence-corrected chi connectivity index (χ2v) is 10.4. The zero-order chi connectivity index (χ0) is 30.2. The fraction of sp³-hybridized carbons (Fsp3) is 0.0588. The molecule has 9 heteroatoms. The molecular formula is C34H24BrN3O5. The Morgan fingerprint density at radius 2 is 1.51 bits per heavy atom. The Labute approximate surface area is 256 Å². The quantitative estimate of drug-likeness (QED) is 0.0717. The number of fused-ring (bicyclic) bond motifs is 1. The number of rotatable bonds is 10. The van der Waals surface area contributed by atoms with E-state index in [0.29, 0.717) is 29.4 Å². The van der Waals surface area contributed by atoms with E-state index in [9.17, 15) is 20.2 Å². The van der Waals surface area contributed by atoms with Crippen LogP contribution in [0, 0.1) is 21.4 Å². The third-order valence-electron chi connectivity index (χ3n) is 6.56. The summed E-state index contributed by atoms with van der Waals surface area (Å²) in [6, 6.07) is 34.1. The Hall–Kier alpha value is -5.46. The van der Waals surface area contributed by atoms with Crippen molar-refractivity contribution in [2.24, 2.45) is 0 Å². The van der Waals surface area contributed by atoms with Crippen LogP contribution < -0.4 is 14.8 Å². The van der Waals surface area contributed by atoms with Gasteiger partial charge < -0.3 is 14.8 Å². The minimum atomic E-state index is -0.569. The number of nitrogens with one attached hydrogen (secondary N) is 1. The lowest BCUT2D eigenvalue weighted by Gasteiger charge is -2.13. The van der Waals surface area contributed by atoms with Crippen LogP contribution in [0.1, 0.15) is 16.7 Å². The van der Waals surface area contributed by atoms with Crippen LogP contribution >= 0.6 is 15.9 Å². The standard InChI is InChI=1S/C34H24BrN3O5/c35-27-10-5-23(6-11-27)21-42-30-16-12-28(13-17-30)37-34(39)26(20-36)19-32-31-4-2-1-3-25(31)9-18-33(32)43-22-24-7-14-29(15-8-24)38(40)41/h1-19H,21-22H2,(H,37,39)/b26-19+. The average molecular weight is 634 g/mol. The number of hydrogen-bond acceptors (Lipinski definition) is 6. The van der Waals surface area contributed by atoms with E-state index in [0.717, 1.165) is 26.4 Å². The topological polar surface area (TPSA) is 114 Å². The van der Waals surface area contributed by atoms with Gasteiger partial charge in [-0.3, -0.25) is 14.9 Å². The summed E-state index contributed by atoms with van der Waals surface area (Å²) in [5.41, 5.74) is 2.72. The number of non-ortho nitro benzene ring substituents is 1. The van der Waals surface area contributed by atoms with Crippen molar-refractivity contribution in [3.8, 4) is 17.6 Å². The number of hydrogen-bond donors (Lipinski definition) is 1. The minimum absolute atomic E-state index is 0.00867. The lowest BCUT2D eigenvalue weighted by molar-refractivity contribution is -0.384. The van der Waals surface area contributed by atoms with E-state index in [1.54, 1.807) is 42.5 Å². The van der Waals surface area contributed by atoms with Gasteiger partial charge in [0.25, 0.3) is 11.6 Å². The molecule has 0 unspecified atom stereocenters. The molecule has 43 heavy (non-hydrogen) atoms. The third kappa shape index (κ3) is 7.44. The molecule has 0 fully saturated rings. The monoisotopic (exact) mass is 633 g/mol. The predicted octanol–water partition coefficient (Wildman–Crippen LogP) is 8.21. The van der Waals surface area contributed by atoms with Crippen LogP contribution in [0.4, 0.5) is 11.4 Å². The molecule has 0 saturated heterocycles. The van der Waals surface area contributed by atoms with Gasteiger partial charge in [-0.05, 0) is 82.6 Å². The lowest BCUT2D eigenvalue weighted by Crippen LogP contribution is -2.13. The average Bonchev–Trinajstić information content (AvgIpc) is 3.03.